The molecule has 1 heterocycles. The molecule has 0 unspecified atom stereocenters. The predicted molar refractivity (Wildman–Crippen MR) is 97.5 cm³/mol. The van der Waals surface area contributed by atoms with Crippen LogP contribution in [0.25, 0.3) is 0 Å². The van der Waals surface area contributed by atoms with E-state index in [2.05, 4.69) is 4.72 Å². The average molecular weight is 412 g/mol. The summed E-state index contributed by atoms with van der Waals surface area (Å²) in [6.45, 7) is 1.49. The third-order valence-corrected chi connectivity index (χ3v) is 7.39. The van der Waals surface area contributed by atoms with E-state index >= 15 is 0 Å². The maximum absolute atomic E-state index is 12.9. The van der Waals surface area contributed by atoms with Crippen LogP contribution in [0, 0.1) is 12.7 Å². The number of nitrogens with one attached hydrogen (secondary N) is 1. The zero-order valence-electron chi connectivity index (χ0n) is 14.3. The molecule has 0 spiro atoms. The lowest BCUT2D eigenvalue weighted by Gasteiger charge is -2.17. The quantitative estimate of drug-likeness (QED) is 0.805. The number of anilines is 1. The second-order valence-electron chi connectivity index (χ2n) is 6.12. The van der Waals surface area contributed by atoms with Crippen LogP contribution < -0.4 is 9.03 Å². The number of hydrogen-bond acceptors (Lipinski definition) is 5. The maximum atomic E-state index is 12.9. The monoisotopic (exact) mass is 412 g/mol. The zero-order chi connectivity index (χ0) is 19.8. The van der Waals surface area contributed by atoms with Crippen molar-refractivity contribution in [2.75, 3.05) is 10.1 Å². The molecule has 0 aliphatic carbocycles. The van der Waals surface area contributed by atoms with Crippen LogP contribution >= 0.6 is 0 Å². The SMILES string of the molecule is Cc1cc(N2C(=O)CCS2(=O)=O)ccc1S(=O)(=O)NCc1ccc(F)cc1. The molecule has 2 aromatic carbocycles. The van der Waals surface area contributed by atoms with Crippen molar-refractivity contribution in [3.63, 3.8) is 0 Å². The summed E-state index contributed by atoms with van der Waals surface area (Å²) < 4.78 is 65.1. The summed E-state index contributed by atoms with van der Waals surface area (Å²) in [5.74, 6) is -1.22. The summed E-state index contributed by atoms with van der Waals surface area (Å²) in [7, 11) is -7.59. The molecule has 1 N–H and O–H groups in total. The van der Waals surface area contributed by atoms with Gasteiger partial charge in [0.05, 0.1) is 16.3 Å². The van der Waals surface area contributed by atoms with Gasteiger partial charge in [0.2, 0.25) is 26.0 Å². The lowest BCUT2D eigenvalue weighted by Crippen LogP contribution is -2.29. The molecule has 0 atom stereocenters. The molecule has 27 heavy (non-hydrogen) atoms. The van der Waals surface area contributed by atoms with Crippen LogP contribution in [-0.4, -0.2) is 28.5 Å². The smallest absolute Gasteiger partial charge is 0.242 e. The molecule has 2 aromatic rings. The molecule has 3 rings (SSSR count). The van der Waals surface area contributed by atoms with Gasteiger partial charge >= 0.3 is 0 Å². The van der Waals surface area contributed by atoms with Crippen molar-refractivity contribution in [2.45, 2.75) is 24.8 Å². The van der Waals surface area contributed by atoms with Crippen molar-refractivity contribution < 1.29 is 26.0 Å². The molecule has 1 amide bonds. The Bertz CT molecular complexity index is 1100. The number of halogens is 1. The molecular formula is C17H17FN2O5S2. The molecule has 1 saturated heterocycles. The molecule has 0 saturated carbocycles. The Balaban J connectivity index is 1.84. The van der Waals surface area contributed by atoms with Gasteiger partial charge in [0.15, 0.2) is 0 Å². The molecule has 1 fully saturated rings. The summed E-state index contributed by atoms with van der Waals surface area (Å²) in [6.07, 6.45) is -0.0966. The maximum Gasteiger partial charge on any atom is 0.242 e. The van der Waals surface area contributed by atoms with Gasteiger partial charge in [-0.25, -0.2) is 30.3 Å². The van der Waals surface area contributed by atoms with Crippen LogP contribution in [0.3, 0.4) is 0 Å². The highest BCUT2D eigenvalue weighted by atomic mass is 32.2. The standard InChI is InChI=1S/C17H17FN2O5S2/c1-12-10-15(20-17(21)8-9-26(20,22)23)6-7-16(12)27(24,25)19-11-13-2-4-14(18)5-3-13/h2-7,10,19H,8-9,11H2,1H3. The number of carbonyl (C=O) groups is 1. The first-order chi connectivity index (χ1) is 12.6. The van der Waals surface area contributed by atoms with Crippen LogP contribution in [0.5, 0.6) is 0 Å². The zero-order valence-corrected chi connectivity index (χ0v) is 16.0. The van der Waals surface area contributed by atoms with Gasteiger partial charge < -0.3 is 0 Å². The van der Waals surface area contributed by atoms with E-state index in [9.17, 15) is 26.0 Å². The molecule has 7 nitrogen and oxygen atoms in total. The number of carbonyl (C=O) groups excluding carboxylic acids is 1. The number of hydrogen-bond donors (Lipinski definition) is 1. The molecule has 1 aliphatic heterocycles. The Morgan fingerprint density at radius 2 is 1.81 bits per heavy atom. The first-order valence-electron chi connectivity index (χ1n) is 8.01. The van der Waals surface area contributed by atoms with Crippen LogP contribution in [0.2, 0.25) is 0 Å². The van der Waals surface area contributed by atoms with E-state index in [0.29, 0.717) is 15.4 Å². The van der Waals surface area contributed by atoms with E-state index in [1.807, 2.05) is 0 Å². The number of benzene rings is 2. The van der Waals surface area contributed by atoms with Crippen LogP contribution in [0.1, 0.15) is 17.5 Å². The summed E-state index contributed by atoms with van der Waals surface area (Å²) in [5.41, 5.74) is 1.00. The second kappa shape index (κ2) is 7.02. The normalized spacial score (nSPS) is 16.7. The van der Waals surface area contributed by atoms with E-state index < -0.39 is 31.8 Å². The van der Waals surface area contributed by atoms with Gasteiger partial charge in [0.1, 0.15) is 5.82 Å². The fourth-order valence-corrected chi connectivity index (χ4v) is 5.48. The van der Waals surface area contributed by atoms with Gasteiger partial charge in [-0.1, -0.05) is 12.1 Å². The van der Waals surface area contributed by atoms with Crippen molar-refractivity contribution in [3.05, 3.63) is 59.4 Å². The van der Waals surface area contributed by atoms with Gasteiger partial charge in [-0.2, -0.15) is 0 Å². The topological polar surface area (TPSA) is 101 Å². The van der Waals surface area contributed by atoms with Crippen molar-refractivity contribution in [2.24, 2.45) is 0 Å². The van der Waals surface area contributed by atoms with E-state index in [4.69, 9.17) is 0 Å². The molecular weight excluding hydrogens is 395 g/mol. The first-order valence-corrected chi connectivity index (χ1v) is 11.1. The second-order valence-corrected chi connectivity index (χ2v) is 9.80. The number of aryl methyl sites for hydroxylation is 1. The van der Waals surface area contributed by atoms with Crippen molar-refractivity contribution in [1.29, 1.82) is 0 Å². The fourth-order valence-electron chi connectivity index (χ4n) is 2.79. The van der Waals surface area contributed by atoms with Gasteiger partial charge in [-0.15, -0.1) is 0 Å². The Kier molecular flexibility index (Phi) is 5.06. The number of sulfonamides is 2. The number of nitrogens with zero attached hydrogens (tertiary/aromatic N) is 1. The van der Waals surface area contributed by atoms with Crippen molar-refractivity contribution >= 4 is 31.6 Å². The van der Waals surface area contributed by atoms with Gasteiger partial charge in [-0.3, -0.25) is 4.79 Å². The summed E-state index contributed by atoms with van der Waals surface area (Å²) >= 11 is 0. The molecule has 0 bridgehead atoms. The van der Waals surface area contributed by atoms with Gasteiger partial charge in [0, 0.05) is 13.0 Å². The Labute approximate surface area is 156 Å². The Morgan fingerprint density at radius 3 is 2.37 bits per heavy atom. The number of amides is 1. The van der Waals surface area contributed by atoms with Crippen molar-refractivity contribution in [1.82, 2.24) is 4.72 Å². The average Bonchev–Trinajstić information content (AvgIpc) is 2.87. The minimum atomic E-state index is -3.88. The summed E-state index contributed by atoms with van der Waals surface area (Å²) in [6, 6.07) is 9.32. The van der Waals surface area contributed by atoms with Crippen LogP contribution in [0.15, 0.2) is 47.4 Å². The van der Waals surface area contributed by atoms with E-state index in [-0.39, 0.29) is 29.3 Å². The first kappa shape index (κ1) is 19.5. The highest BCUT2D eigenvalue weighted by Crippen LogP contribution is 2.28. The van der Waals surface area contributed by atoms with Crippen LogP contribution in [0.4, 0.5) is 10.1 Å². The molecule has 144 valence electrons. The largest absolute Gasteiger partial charge is 0.273 e. The summed E-state index contributed by atoms with van der Waals surface area (Å²) in [5, 5.41) is 0. The third-order valence-electron chi connectivity index (χ3n) is 4.14. The predicted octanol–water partition coefficient (Wildman–Crippen LogP) is 1.68. The fraction of sp³-hybridized carbons (Fsp3) is 0.235. The highest BCUT2D eigenvalue weighted by molar-refractivity contribution is 7.94. The van der Waals surface area contributed by atoms with Crippen LogP contribution in [-0.2, 0) is 31.4 Å². The third kappa shape index (κ3) is 4.02. The Morgan fingerprint density at radius 1 is 1.15 bits per heavy atom. The van der Waals surface area contributed by atoms with E-state index in [0.717, 1.165) is 0 Å². The highest BCUT2D eigenvalue weighted by Gasteiger charge is 2.36. The molecule has 0 radical (unpaired) electrons. The summed E-state index contributed by atoms with van der Waals surface area (Å²) in [4.78, 5) is 11.8. The van der Waals surface area contributed by atoms with Gasteiger partial charge in [0.25, 0.3) is 0 Å². The lowest BCUT2D eigenvalue weighted by atomic mass is 10.2. The lowest BCUT2D eigenvalue weighted by molar-refractivity contribution is -0.116. The molecule has 10 heteroatoms. The van der Waals surface area contributed by atoms with Gasteiger partial charge in [-0.05, 0) is 48.4 Å². The van der Waals surface area contributed by atoms with E-state index in [1.54, 1.807) is 0 Å². The molecule has 0 aromatic heterocycles. The van der Waals surface area contributed by atoms with E-state index in [1.165, 1.54) is 49.4 Å². The Hall–Kier alpha value is -2.30. The minimum absolute atomic E-state index is 0.0250. The number of rotatable bonds is 5. The van der Waals surface area contributed by atoms with Crippen molar-refractivity contribution in [3.8, 4) is 0 Å². The molecule has 1 aliphatic rings. The minimum Gasteiger partial charge on any atom is -0.273 e.